The monoisotopic (exact) mass is 326 g/mol. The molecule has 0 aliphatic rings. The largest absolute Gasteiger partial charge is 0.493 e. The van der Waals surface area contributed by atoms with Gasteiger partial charge in [0.15, 0.2) is 11.5 Å². The normalized spacial score (nSPS) is 10.4. The molecule has 0 aliphatic heterocycles. The lowest BCUT2D eigenvalue weighted by Crippen LogP contribution is -2.11. The molecule has 2 aromatic rings. The number of methoxy groups -OCH3 is 2. The van der Waals surface area contributed by atoms with Gasteiger partial charge in [0.2, 0.25) is 11.8 Å². The number of hydrogen-bond acceptors (Lipinski definition) is 4. The van der Waals surface area contributed by atoms with Gasteiger partial charge in [-0.1, -0.05) is 6.07 Å². The Hall–Kier alpha value is -3.28. The summed E-state index contributed by atoms with van der Waals surface area (Å²) in [7, 11) is 3.11. The number of carbonyl (C=O) groups excluding carboxylic acids is 2. The van der Waals surface area contributed by atoms with Crippen LogP contribution in [-0.2, 0) is 4.79 Å². The highest BCUT2D eigenvalue weighted by molar-refractivity contribution is 6.02. The highest BCUT2D eigenvalue weighted by atomic mass is 16.5. The van der Waals surface area contributed by atoms with Crippen molar-refractivity contribution in [1.29, 1.82) is 0 Å². The summed E-state index contributed by atoms with van der Waals surface area (Å²) in [5, 5.41) is 2.70. The van der Waals surface area contributed by atoms with E-state index in [0.29, 0.717) is 22.7 Å². The van der Waals surface area contributed by atoms with Crippen LogP contribution >= 0.6 is 0 Å². The second-order valence-corrected chi connectivity index (χ2v) is 4.88. The van der Waals surface area contributed by atoms with E-state index in [1.54, 1.807) is 56.7 Å². The average molecular weight is 326 g/mol. The van der Waals surface area contributed by atoms with Gasteiger partial charge >= 0.3 is 0 Å². The third kappa shape index (κ3) is 4.36. The first-order valence-corrected chi connectivity index (χ1v) is 7.14. The maximum Gasteiger partial charge on any atom is 0.248 e. The van der Waals surface area contributed by atoms with E-state index in [9.17, 15) is 9.59 Å². The van der Waals surface area contributed by atoms with Crippen molar-refractivity contribution < 1.29 is 19.1 Å². The van der Waals surface area contributed by atoms with Gasteiger partial charge in [0, 0.05) is 17.3 Å². The minimum atomic E-state index is -0.513. The van der Waals surface area contributed by atoms with Crippen LogP contribution in [-0.4, -0.2) is 26.0 Å². The zero-order chi connectivity index (χ0) is 17.5. The second-order valence-electron chi connectivity index (χ2n) is 4.88. The van der Waals surface area contributed by atoms with Crippen LogP contribution in [0.4, 0.5) is 5.69 Å². The lowest BCUT2D eigenvalue weighted by molar-refractivity contribution is -0.111. The number of rotatable bonds is 6. The molecule has 0 fully saturated rings. The quantitative estimate of drug-likeness (QED) is 0.798. The number of amides is 2. The van der Waals surface area contributed by atoms with Gasteiger partial charge in [-0.2, -0.15) is 0 Å². The second kappa shape index (κ2) is 7.82. The number of ether oxygens (including phenoxy) is 2. The Kier molecular flexibility index (Phi) is 5.57. The van der Waals surface area contributed by atoms with Crippen molar-refractivity contribution in [3.05, 3.63) is 59.7 Å². The molecule has 0 aromatic heterocycles. The number of nitrogens with one attached hydrogen (secondary N) is 1. The summed E-state index contributed by atoms with van der Waals surface area (Å²) in [5.74, 6) is 0.397. The van der Waals surface area contributed by atoms with E-state index in [4.69, 9.17) is 15.2 Å². The first-order valence-electron chi connectivity index (χ1n) is 7.14. The third-order valence-corrected chi connectivity index (χ3v) is 3.27. The van der Waals surface area contributed by atoms with Crippen LogP contribution in [0.25, 0.3) is 6.08 Å². The van der Waals surface area contributed by atoms with Crippen molar-refractivity contribution in [2.45, 2.75) is 0 Å². The van der Waals surface area contributed by atoms with Crippen LogP contribution in [0.5, 0.6) is 11.5 Å². The summed E-state index contributed by atoms with van der Waals surface area (Å²) in [6, 6.07) is 11.7. The first kappa shape index (κ1) is 17.1. The van der Waals surface area contributed by atoms with Gasteiger partial charge in [-0.05, 0) is 48.0 Å². The molecule has 0 saturated heterocycles. The van der Waals surface area contributed by atoms with E-state index in [1.165, 1.54) is 6.08 Å². The molecule has 2 aromatic carbocycles. The molecular formula is C18H18N2O4. The van der Waals surface area contributed by atoms with Crippen LogP contribution in [0.15, 0.2) is 48.5 Å². The molecule has 0 bridgehead atoms. The Labute approximate surface area is 139 Å². The molecule has 6 heteroatoms. The summed E-state index contributed by atoms with van der Waals surface area (Å²) in [4.78, 5) is 22.9. The minimum Gasteiger partial charge on any atom is -0.493 e. The van der Waals surface area contributed by atoms with Crippen molar-refractivity contribution in [2.75, 3.05) is 19.5 Å². The van der Waals surface area contributed by atoms with E-state index in [0.717, 1.165) is 5.56 Å². The molecule has 124 valence electrons. The third-order valence-electron chi connectivity index (χ3n) is 3.27. The summed E-state index contributed by atoms with van der Waals surface area (Å²) >= 11 is 0. The molecule has 0 heterocycles. The van der Waals surface area contributed by atoms with Crippen molar-refractivity contribution in [3.63, 3.8) is 0 Å². The van der Waals surface area contributed by atoms with Gasteiger partial charge in [-0.25, -0.2) is 0 Å². The Morgan fingerprint density at radius 1 is 1.00 bits per heavy atom. The summed E-state index contributed by atoms with van der Waals surface area (Å²) in [6.45, 7) is 0. The van der Waals surface area contributed by atoms with E-state index in [-0.39, 0.29) is 5.91 Å². The summed E-state index contributed by atoms with van der Waals surface area (Å²) < 4.78 is 10.4. The fraction of sp³-hybridized carbons (Fsp3) is 0.111. The molecule has 0 unspecified atom stereocenters. The topological polar surface area (TPSA) is 90.6 Å². The van der Waals surface area contributed by atoms with Crippen LogP contribution in [0.1, 0.15) is 15.9 Å². The van der Waals surface area contributed by atoms with E-state index in [2.05, 4.69) is 5.32 Å². The number of anilines is 1. The highest BCUT2D eigenvalue weighted by Gasteiger charge is 2.04. The zero-order valence-corrected chi connectivity index (χ0v) is 13.4. The van der Waals surface area contributed by atoms with Crippen LogP contribution in [0.2, 0.25) is 0 Å². The fourth-order valence-corrected chi connectivity index (χ4v) is 2.03. The number of nitrogens with two attached hydrogens (primary N) is 1. The maximum absolute atomic E-state index is 11.9. The number of benzene rings is 2. The van der Waals surface area contributed by atoms with Crippen LogP contribution < -0.4 is 20.5 Å². The SMILES string of the molecule is COc1ccc(C=CC(=O)Nc2ccc(C(N)=O)cc2)cc1OC. The molecule has 3 N–H and O–H groups in total. The Bertz CT molecular complexity index is 767. The van der Waals surface area contributed by atoms with Gasteiger partial charge in [-0.15, -0.1) is 0 Å². The van der Waals surface area contributed by atoms with Crippen LogP contribution in [0, 0.1) is 0 Å². The number of hydrogen-bond donors (Lipinski definition) is 2. The average Bonchev–Trinajstić information content (AvgIpc) is 2.60. The lowest BCUT2D eigenvalue weighted by Gasteiger charge is -2.07. The molecule has 0 saturated carbocycles. The fourth-order valence-electron chi connectivity index (χ4n) is 2.03. The Balaban J connectivity index is 2.03. The Morgan fingerprint density at radius 3 is 2.25 bits per heavy atom. The molecule has 24 heavy (non-hydrogen) atoms. The number of primary amides is 1. The molecule has 0 spiro atoms. The molecule has 0 atom stereocenters. The van der Waals surface area contributed by atoms with E-state index < -0.39 is 5.91 Å². The first-order chi connectivity index (χ1) is 11.5. The van der Waals surface area contributed by atoms with Gasteiger partial charge in [0.1, 0.15) is 0 Å². The van der Waals surface area contributed by atoms with E-state index >= 15 is 0 Å². The predicted octanol–water partition coefficient (Wildman–Crippen LogP) is 2.45. The summed E-state index contributed by atoms with van der Waals surface area (Å²) in [6.07, 6.45) is 3.07. The zero-order valence-electron chi connectivity index (χ0n) is 13.4. The molecule has 2 amide bonds. The van der Waals surface area contributed by atoms with Crippen molar-refractivity contribution in [3.8, 4) is 11.5 Å². The smallest absolute Gasteiger partial charge is 0.248 e. The van der Waals surface area contributed by atoms with Gasteiger partial charge in [0.25, 0.3) is 0 Å². The Morgan fingerprint density at radius 2 is 1.67 bits per heavy atom. The van der Waals surface area contributed by atoms with Crippen molar-refractivity contribution in [2.24, 2.45) is 5.73 Å². The molecule has 0 radical (unpaired) electrons. The maximum atomic E-state index is 11.9. The predicted molar refractivity (Wildman–Crippen MR) is 92.2 cm³/mol. The van der Waals surface area contributed by atoms with Gasteiger partial charge in [0.05, 0.1) is 14.2 Å². The molecule has 6 nitrogen and oxygen atoms in total. The standard InChI is InChI=1S/C18H18N2O4/c1-23-15-9-3-12(11-16(15)24-2)4-10-17(21)20-14-7-5-13(6-8-14)18(19)22/h3-11H,1-2H3,(H2,19,22)(H,20,21). The molecule has 0 aliphatic carbocycles. The number of carbonyl (C=O) groups is 2. The lowest BCUT2D eigenvalue weighted by atomic mass is 10.2. The molecular weight excluding hydrogens is 308 g/mol. The van der Waals surface area contributed by atoms with Crippen molar-refractivity contribution >= 4 is 23.6 Å². The minimum absolute atomic E-state index is 0.295. The van der Waals surface area contributed by atoms with Crippen molar-refractivity contribution in [1.82, 2.24) is 0 Å². The van der Waals surface area contributed by atoms with Crippen LogP contribution in [0.3, 0.4) is 0 Å². The highest BCUT2D eigenvalue weighted by Crippen LogP contribution is 2.27. The van der Waals surface area contributed by atoms with E-state index in [1.807, 2.05) is 6.07 Å². The van der Waals surface area contributed by atoms with Gasteiger partial charge in [-0.3, -0.25) is 9.59 Å². The van der Waals surface area contributed by atoms with Gasteiger partial charge < -0.3 is 20.5 Å². The molecule has 2 rings (SSSR count). The summed E-state index contributed by atoms with van der Waals surface area (Å²) in [5.41, 5.74) is 6.92.